The number of piperidine rings is 1. The molecule has 0 spiro atoms. The summed E-state index contributed by atoms with van der Waals surface area (Å²) in [5, 5.41) is 6.71. The third kappa shape index (κ3) is 5.40. The first-order valence-corrected chi connectivity index (χ1v) is 10.9. The first-order valence-electron chi connectivity index (χ1n) is 10.6. The fraction of sp³-hybridized carbons (Fsp3) is 0.636. The lowest BCUT2D eigenvalue weighted by Crippen LogP contribution is -2.55. The number of benzene rings is 1. The Balaban J connectivity index is 1.53. The van der Waals surface area contributed by atoms with Crippen LogP contribution in [-0.2, 0) is 4.79 Å². The van der Waals surface area contributed by atoms with Crippen molar-refractivity contribution >= 4 is 23.5 Å². The molecule has 1 atom stereocenters. The number of nitrogens with zero attached hydrogens (tertiary/aromatic N) is 1. The van der Waals surface area contributed by atoms with Crippen molar-refractivity contribution < 1.29 is 9.59 Å². The number of hydrogen-bond donors (Lipinski definition) is 2. The van der Waals surface area contributed by atoms with Crippen molar-refractivity contribution in [1.82, 2.24) is 15.5 Å². The second kappa shape index (κ2) is 9.64. The van der Waals surface area contributed by atoms with Crippen LogP contribution in [0.2, 0.25) is 5.02 Å². The van der Waals surface area contributed by atoms with E-state index >= 15 is 0 Å². The molecule has 28 heavy (non-hydrogen) atoms. The molecule has 1 aliphatic heterocycles. The summed E-state index contributed by atoms with van der Waals surface area (Å²) in [7, 11) is 0. The van der Waals surface area contributed by atoms with Crippen LogP contribution in [0.4, 0.5) is 4.79 Å². The van der Waals surface area contributed by atoms with Gasteiger partial charge in [0, 0.05) is 24.2 Å². The van der Waals surface area contributed by atoms with Crippen LogP contribution in [0.15, 0.2) is 24.3 Å². The Labute approximate surface area is 173 Å². The van der Waals surface area contributed by atoms with E-state index in [9.17, 15) is 9.59 Å². The fourth-order valence-corrected chi connectivity index (χ4v) is 4.44. The Morgan fingerprint density at radius 3 is 2.21 bits per heavy atom. The minimum absolute atomic E-state index is 0.0335. The predicted octanol–water partition coefficient (Wildman–Crippen LogP) is 4.31. The number of carbonyl (C=O) groups excluding carboxylic acids is 2. The van der Waals surface area contributed by atoms with Crippen molar-refractivity contribution in [2.45, 2.75) is 70.4 Å². The average molecular weight is 406 g/mol. The maximum Gasteiger partial charge on any atom is 0.315 e. The molecule has 0 unspecified atom stereocenters. The molecule has 1 aromatic rings. The van der Waals surface area contributed by atoms with Gasteiger partial charge in [0.25, 0.3) is 0 Å². The molecule has 1 aliphatic carbocycles. The maximum absolute atomic E-state index is 13.1. The summed E-state index contributed by atoms with van der Waals surface area (Å²) in [6, 6.07) is 7.57. The van der Waals surface area contributed by atoms with Gasteiger partial charge in [-0.3, -0.25) is 4.79 Å². The van der Waals surface area contributed by atoms with Gasteiger partial charge in [-0.05, 0) is 55.2 Å². The summed E-state index contributed by atoms with van der Waals surface area (Å²) in [4.78, 5) is 27.3. The topological polar surface area (TPSA) is 61.4 Å². The molecule has 2 fully saturated rings. The maximum atomic E-state index is 13.1. The molecule has 154 valence electrons. The van der Waals surface area contributed by atoms with Crippen molar-refractivity contribution in [3.8, 4) is 0 Å². The van der Waals surface area contributed by atoms with E-state index < -0.39 is 6.04 Å². The summed E-state index contributed by atoms with van der Waals surface area (Å²) in [5.41, 5.74) is 1.28. The zero-order chi connectivity index (χ0) is 20.1. The van der Waals surface area contributed by atoms with Gasteiger partial charge in [0.2, 0.25) is 5.91 Å². The number of rotatable bonds is 5. The average Bonchev–Trinajstić information content (AvgIpc) is 3.19. The number of likely N-dealkylation sites (tertiary alicyclic amines) is 1. The molecule has 1 saturated heterocycles. The van der Waals surface area contributed by atoms with E-state index in [0.29, 0.717) is 5.92 Å². The second-order valence-electron chi connectivity index (χ2n) is 8.47. The van der Waals surface area contributed by atoms with E-state index in [1.165, 1.54) is 18.4 Å². The van der Waals surface area contributed by atoms with Crippen LogP contribution < -0.4 is 10.6 Å². The molecule has 0 radical (unpaired) electrons. The third-order valence-electron chi connectivity index (χ3n) is 6.06. The van der Waals surface area contributed by atoms with Crippen LogP contribution in [0.25, 0.3) is 0 Å². The molecular weight excluding hydrogens is 374 g/mol. The smallest absolute Gasteiger partial charge is 0.315 e. The van der Waals surface area contributed by atoms with Gasteiger partial charge in [-0.15, -0.1) is 0 Å². The molecule has 3 rings (SSSR count). The predicted molar refractivity (Wildman–Crippen MR) is 113 cm³/mol. The van der Waals surface area contributed by atoms with E-state index in [-0.39, 0.29) is 23.9 Å². The molecule has 0 aromatic heterocycles. The summed E-state index contributed by atoms with van der Waals surface area (Å²) in [5.74, 6) is 0.541. The number of amides is 3. The van der Waals surface area contributed by atoms with E-state index in [2.05, 4.69) is 22.8 Å². The first-order chi connectivity index (χ1) is 13.4. The number of halogens is 1. The molecule has 1 heterocycles. The van der Waals surface area contributed by atoms with E-state index in [0.717, 1.165) is 43.8 Å². The molecule has 0 bridgehead atoms. The molecule has 2 N–H and O–H groups in total. The zero-order valence-corrected chi connectivity index (χ0v) is 17.7. The van der Waals surface area contributed by atoms with Crippen LogP contribution in [0.1, 0.15) is 63.9 Å². The normalized spacial score (nSPS) is 19.6. The van der Waals surface area contributed by atoms with Crippen molar-refractivity contribution in [3.63, 3.8) is 0 Å². The fourth-order valence-electron chi connectivity index (χ4n) is 4.32. The minimum atomic E-state index is -0.478. The van der Waals surface area contributed by atoms with Gasteiger partial charge in [0.1, 0.15) is 6.04 Å². The Morgan fingerprint density at radius 2 is 1.64 bits per heavy atom. The van der Waals surface area contributed by atoms with E-state index in [1.807, 2.05) is 30.9 Å². The van der Waals surface area contributed by atoms with Crippen LogP contribution in [-0.4, -0.2) is 42.0 Å². The summed E-state index contributed by atoms with van der Waals surface area (Å²) in [6.07, 6.45) is 6.27. The number of urea groups is 1. The van der Waals surface area contributed by atoms with Gasteiger partial charge in [-0.2, -0.15) is 0 Å². The van der Waals surface area contributed by atoms with E-state index in [4.69, 9.17) is 11.6 Å². The first kappa shape index (κ1) is 21.0. The highest BCUT2D eigenvalue weighted by Crippen LogP contribution is 2.29. The lowest BCUT2D eigenvalue weighted by molar-refractivity contribution is -0.135. The van der Waals surface area contributed by atoms with Gasteiger partial charge < -0.3 is 15.5 Å². The van der Waals surface area contributed by atoms with Crippen LogP contribution in [0.5, 0.6) is 0 Å². The molecule has 1 aromatic carbocycles. The highest BCUT2D eigenvalue weighted by atomic mass is 35.5. The molecule has 5 nitrogen and oxygen atoms in total. The van der Waals surface area contributed by atoms with Gasteiger partial charge in [-0.25, -0.2) is 4.79 Å². The van der Waals surface area contributed by atoms with Gasteiger partial charge >= 0.3 is 6.03 Å². The Kier molecular flexibility index (Phi) is 7.22. The molecule has 6 heteroatoms. The zero-order valence-electron chi connectivity index (χ0n) is 16.9. The summed E-state index contributed by atoms with van der Waals surface area (Å²) in [6.45, 7) is 5.42. The van der Waals surface area contributed by atoms with Gasteiger partial charge in [0.05, 0.1) is 0 Å². The van der Waals surface area contributed by atoms with Crippen molar-refractivity contribution in [2.75, 3.05) is 13.1 Å². The molecular formula is C22H32ClN3O2. The van der Waals surface area contributed by atoms with Crippen LogP contribution >= 0.6 is 11.6 Å². The third-order valence-corrected chi connectivity index (χ3v) is 6.31. The van der Waals surface area contributed by atoms with Crippen molar-refractivity contribution in [3.05, 3.63) is 34.9 Å². The van der Waals surface area contributed by atoms with Gasteiger partial charge in [0.15, 0.2) is 0 Å². The molecule has 3 amide bonds. The number of nitrogens with one attached hydrogen (secondary N) is 2. The number of carbonyl (C=O) groups is 2. The highest BCUT2D eigenvalue weighted by Gasteiger charge is 2.32. The monoisotopic (exact) mass is 405 g/mol. The standard InChI is InChI=1S/C22H32ClN3O2/c1-15(2)20(25-22(28)24-19-5-3-4-6-19)21(27)26-13-11-17(12-14-26)16-7-9-18(23)10-8-16/h7-10,15,17,19-20H,3-6,11-14H2,1-2H3,(H2,24,25,28)/t20-/m1/s1. The second-order valence-corrected chi connectivity index (χ2v) is 8.91. The van der Waals surface area contributed by atoms with Gasteiger partial charge in [-0.1, -0.05) is 50.4 Å². The quantitative estimate of drug-likeness (QED) is 0.766. The Morgan fingerprint density at radius 1 is 1.04 bits per heavy atom. The van der Waals surface area contributed by atoms with E-state index in [1.54, 1.807) is 0 Å². The molecule has 2 aliphatic rings. The Hall–Kier alpha value is -1.75. The summed E-state index contributed by atoms with van der Waals surface area (Å²) < 4.78 is 0. The largest absolute Gasteiger partial charge is 0.341 e. The minimum Gasteiger partial charge on any atom is -0.341 e. The number of hydrogen-bond acceptors (Lipinski definition) is 2. The van der Waals surface area contributed by atoms with Crippen molar-refractivity contribution in [1.29, 1.82) is 0 Å². The van der Waals surface area contributed by atoms with Crippen LogP contribution in [0, 0.1) is 5.92 Å². The lowest BCUT2D eigenvalue weighted by Gasteiger charge is -2.35. The Bertz CT molecular complexity index is 663. The molecule has 1 saturated carbocycles. The van der Waals surface area contributed by atoms with Crippen molar-refractivity contribution in [2.24, 2.45) is 5.92 Å². The summed E-state index contributed by atoms with van der Waals surface area (Å²) >= 11 is 5.98. The SMILES string of the molecule is CC(C)[C@@H](NC(=O)NC1CCCC1)C(=O)N1CCC(c2ccc(Cl)cc2)CC1. The van der Waals surface area contributed by atoms with Crippen LogP contribution in [0.3, 0.4) is 0 Å². The highest BCUT2D eigenvalue weighted by molar-refractivity contribution is 6.30. The lowest BCUT2D eigenvalue weighted by atomic mass is 9.89.